The average molecular weight is 322 g/mol. The van der Waals surface area contributed by atoms with Gasteiger partial charge in [0.25, 0.3) is 5.91 Å². The molecule has 1 aromatic carbocycles. The number of nitrogens with one attached hydrogen (secondary N) is 1. The minimum Gasteiger partial charge on any atom is -0.486 e. The molecule has 0 aliphatic heterocycles. The summed E-state index contributed by atoms with van der Waals surface area (Å²) >= 11 is 0. The van der Waals surface area contributed by atoms with E-state index in [-0.39, 0.29) is 18.3 Å². The second-order valence-corrected chi connectivity index (χ2v) is 5.49. The summed E-state index contributed by atoms with van der Waals surface area (Å²) in [6, 6.07) is 16.5. The molecule has 0 aliphatic rings. The van der Waals surface area contributed by atoms with Gasteiger partial charge in [0.15, 0.2) is 5.76 Å². The number of hydrogen-bond acceptors (Lipinski definition) is 4. The van der Waals surface area contributed by atoms with Crippen LogP contribution in [-0.4, -0.2) is 10.9 Å². The first-order valence-electron chi connectivity index (χ1n) is 7.63. The Hall–Kier alpha value is -3.08. The van der Waals surface area contributed by atoms with Crippen molar-refractivity contribution >= 4 is 11.7 Å². The summed E-state index contributed by atoms with van der Waals surface area (Å²) in [7, 11) is 0. The number of ether oxygens (including phenoxy) is 1. The van der Waals surface area contributed by atoms with Gasteiger partial charge < -0.3 is 14.5 Å². The molecular formula is C19H18N2O3. The predicted molar refractivity (Wildman–Crippen MR) is 91.1 cm³/mol. The van der Waals surface area contributed by atoms with Crippen molar-refractivity contribution in [3.63, 3.8) is 0 Å². The van der Waals surface area contributed by atoms with Gasteiger partial charge in [-0.2, -0.15) is 0 Å². The molecule has 122 valence electrons. The van der Waals surface area contributed by atoms with Crippen LogP contribution in [0.15, 0.2) is 59.0 Å². The summed E-state index contributed by atoms with van der Waals surface area (Å²) in [5.41, 5.74) is 1.96. The second-order valence-electron chi connectivity index (χ2n) is 5.49. The predicted octanol–water partition coefficient (Wildman–Crippen LogP) is 4.12. The molecule has 0 atom stereocenters. The van der Waals surface area contributed by atoms with Gasteiger partial charge in [0.2, 0.25) is 0 Å². The third-order valence-corrected chi connectivity index (χ3v) is 3.39. The zero-order valence-corrected chi connectivity index (χ0v) is 13.6. The fourth-order valence-electron chi connectivity index (χ4n) is 2.23. The van der Waals surface area contributed by atoms with E-state index < -0.39 is 0 Å². The van der Waals surface area contributed by atoms with Crippen molar-refractivity contribution in [2.75, 3.05) is 5.32 Å². The normalized spacial score (nSPS) is 10.4. The summed E-state index contributed by atoms with van der Waals surface area (Å²) in [6.45, 7) is 4.13. The topological polar surface area (TPSA) is 64.4 Å². The molecule has 0 saturated carbocycles. The van der Waals surface area contributed by atoms with Gasteiger partial charge in [-0.3, -0.25) is 4.79 Å². The van der Waals surface area contributed by atoms with Crippen molar-refractivity contribution in [3.8, 4) is 5.75 Å². The molecule has 3 rings (SSSR count). The fraction of sp³-hybridized carbons (Fsp3) is 0.158. The van der Waals surface area contributed by atoms with Crippen molar-refractivity contribution in [2.45, 2.75) is 20.5 Å². The Kier molecular flexibility index (Phi) is 4.61. The molecule has 2 aromatic heterocycles. The molecule has 0 aliphatic carbocycles. The molecule has 1 N–H and O–H groups in total. The molecule has 3 aromatic rings. The van der Waals surface area contributed by atoms with Gasteiger partial charge in [-0.15, -0.1) is 0 Å². The third kappa shape index (κ3) is 4.01. The molecule has 1 amide bonds. The van der Waals surface area contributed by atoms with E-state index in [0.29, 0.717) is 11.6 Å². The molecule has 5 nitrogen and oxygen atoms in total. The highest BCUT2D eigenvalue weighted by atomic mass is 16.5. The number of pyridine rings is 1. The molecule has 0 bridgehead atoms. The van der Waals surface area contributed by atoms with Crippen molar-refractivity contribution in [1.29, 1.82) is 0 Å². The molecule has 0 radical (unpaired) electrons. The van der Waals surface area contributed by atoms with Crippen LogP contribution in [0, 0.1) is 13.8 Å². The van der Waals surface area contributed by atoms with Gasteiger partial charge in [-0.1, -0.05) is 18.2 Å². The van der Waals surface area contributed by atoms with Crippen molar-refractivity contribution in [2.24, 2.45) is 0 Å². The molecule has 24 heavy (non-hydrogen) atoms. The molecule has 0 unspecified atom stereocenters. The van der Waals surface area contributed by atoms with Crippen LogP contribution in [-0.2, 0) is 6.61 Å². The summed E-state index contributed by atoms with van der Waals surface area (Å²) < 4.78 is 11.2. The lowest BCUT2D eigenvalue weighted by atomic mass is 10.2. The van der Waals surface area contributed by atoms with Crippen molar-refractivity contribution in [1.82, 2.24) is 4.98 Å². The zero-order chi connectivity index (χ0) is 16.9. The zero-order valence-electron chi connectivity index (χ0n) is 13.6. The highest BCUT2D eigenvalue weighted by Gasteiger charge is 2.12. The fourth-order valence-corrected chi connectivity index (χ4v) is 2.23. The van der Waals surface area contributed by atoms with Gasteiger partial charge in [0, 0.05) is 5.69 Å². The Bertz CT molecular complexity index is 855. The lowest BCUT2D eigenvalue weighted by molar-refractivity contribution is 0.0992. The molecule has 0 spiro atoms. The number of carbonyl (C=O) groups is 1. The number of furan rings is 1. The van der Waals surface area contributed by atoms with Crippen LogP contribution in [0.1, 0.15) is 27.6 Å². The standard InChI is InChI=1S/C19H18N2O3/c1-13-5-3-7-15(11-13)23-12-16-9-10-17(24-16)19(22)21-18-8-4-6-14(2)20-18/h3-11H,12H2,1-2H3,(H,20,21,22). The first kappa shape index (κ1) is 15.8. The number of amides is 1. The minimum atomic E-state index is -0.338. The quantitative estimate of drug-likeness (QED) is 0.767. The van der Waals surface area contributed by atoms with Crippen LogP contribution >= 0.6 is 0 Å². The van der Waals surface area contributed by atoms with Crippen LogP contribution in [0.25, 0.3) is 0 Å². The highest BCUT2D eigenvalue weighted by molar-refractivity contribution is 6.01. The van der Waals surface area contributed by atoms with E-state index in [9.17, 15) is 4.79 Å². The maximum Gasteiger partial charge on any atom is 0.292 e. The summed E-state index contributed by atoms with van der Waals surface area (Å²) in [4.78, 5) is 16.4. The number of anilines is 1. The van der Waals surface area contributed by atoms with Gasteiger partial charge >= 0.3 is 0 Å². The molecule has 0 fully saturated rings. The van der Waals surface area contributed by atoms with Crippen LogP contribution in [0.2, 0.25) is 0 Å². The van der Waals surface area contributed by atoms with Gasteiger partial charge in [0.05, 0.1) is 0 Å². The smallest absolute Gasteiger partial charge is 0.292 e. The number of aryl methyl sites for hydroxylation is 2. The van der Waals surface area contributed by atoms with Crippen LogP contribution in [0.4, 0.5) is 5.82 Å². The second kappa shape index (κ2) is 7.00. The first-order chi connectivity index (χ1) is 11.6. The molecule has 0 saturated heterocycles. The summed E-state index contributed by atoms with van der Waals surface area (Å²) in [5.74, 6) is 1.73. The third-order valence-electron chi connectivity index (χ3n) is 3.39. The number of nitrogens with zero attached hydrogens (tertiary/aromatic N) is 1. The largest absolute Gasteiger partial charge is 0.486 e. The lowest BCUT2D eigenvalue weighted by Crippen LogP contribution is -2.12. The van der Waals surface area contributed by atoms with Crippen LogP contribution in [0.5, 0.6) is 5.75 Å². The van der Waals surface area contributed by atoms with Crippen molar-refractivity contribution in [3.05, 3.63) is 77.4 Å². The Labute approximate surface area is 140 Å². The number of rotatable bonds is 5. The van der Waals surface area contributed by atoms with Gasteiger partial charge in [-0.25, -0.2) is 4.98 Å². The maximum absolute atomic E-state index is 12.2. The molecule has 2 heterocycles. The van der Waals surface area contributed by atoms with E-state index in [4.69, 9.17) is 9.15 Å². The summed E-state index contributed by atoms with van der Waals surface area (Å²) in [5, 5.41) is 2.71. The van der Waals surface area contributed by atoms with E-state index in [0.717, 1.165) is 17.0 Å². The lowest BCUT2D eigenvalue weighted by Gasteiger charge is -2.05. The number of benzene rings is 1. The van der Waals surface area contributed by atoms with Crippen LogP contribution < -0.4 is 10.1 Å². The Morgan fingerprint density at radius 1 is 1.12 bits per heavy atom. The Morgan fingerprint density at radius 3 is 2.75 bits per heavy atom. The number of carbonyl (C=O) groups excluding carboxylic acids is 1. The average Bonchev–Trinajstić information content (AvgIpc) is 3.02. The van der Waals surface area contributed by atoms with Gasteiger partial charge in [0.1, 0.15) is 23.9 Å². The molecule has 5 heteroatoms. The van der Waals surface area contributed by atoms with E-state index in [1.807, 2.05) is 50.2 Å². The summed E-state index contributed by atoms with van der Waals surface area (Å²) in [6.07, 6.45) is 0. The van der Waals surface area contributed by atoms with E-state index in [1.54, 1.807) is 18.2 Å². The van der Waals surface area contributed by atoms with Gasteiger partial charge in [-0.05, 0) is 55.8 Å². The highest BCUT2D eigenvalue weighted by Crippen LogP contribution is 2.16. The minimum absolute atomic E-state index is 0.223. The Balaban J connectivity index is 1.61. The van der Waals surface area contributed by atoms with E-state index >= 15 is 0 Å². The number of aromatic nitrogens is 1. The SMILES string of the molecule is Cc1cccc(OCc2ccc(C(=O)Nc3cccc(C)n3)o2)c1. The Morgan fingerprint density at radius 2 is 1.96 bits per heavy atom. The maximum atomic E-state index is 12.2. The first-order valence-corrected chi connectivity index (χ1v) is 7.63. The van der Waals surface area contributed by atoms with Crippen molar-refractivity contribution < 1.29 is 13.9 Å². The van der Waals surface area contributed by atoms with E-state index in [2.05, 4.69) is 10.3 Å². The number of hydrogen-bond donors (Lipinski definition) is 1. The van der Waals surface area contributed by atoms with E-state index in [1.165, 1.54) is 0 Å². The van der Waals surface area contributed by atoms with Crippen LogP contribution in [0.3, 0.4) is 0 Å². The monoisotopic (exact) mass is 322 g/mol. The molecular weight excluding hydrogens is 304 g/mol.